The van der Waals surface area contributed by atoms with Gasteiger partial charge in [0.2, 0.25) is 0 Å². The fourth-order valence-electron chi connectivity index (χ4n) is 2.48. The number of nitrogen functional groups attached to an aromatic ring is 1. The number of rotatable bonds is 2. The van der Waals surface area contributed by atoms with Gasteiger partial charge in [-0.15, -0.1) is 0 Å². The van der Waals surface area contributed by atoms with Crippen LogP contribution in [0.1, 0.15) is 33.6 Å². The minimum atomic E-state index is -0.478. The van der Waals surface area contributed by atoms with Crippen LogP contribution in [-0.2, 0) is 4.74 Å². The van der Waals surface area contributed by atoms with Crippen LogP contribution in [0.25, 0.3) is 0 Å². The third-order valence-electron chi connectivity index (χ3n) is 3.31. The van der Waals surface area contributed by atoms with Crippen molar-refractivity contribution < 1.29 is 9.53 Å². The highest BCUT2D eigenvalue weighted by Gasteiger charge is 2.25. The Kier molecular flexibility index (Phi) is 4.55. The largest absolute Gasteiger partial charge is 0.444 e. The van der Waals surface area contributed by atoms with E-state index in [-0.39, 0.29) is 12.1 Å². The normalized spacial score (nSPS) is 19.2. The highest BCUT2D eigenvalue weighted by Crippen LogP contribution is 2.25. The molecule has 0 aliphatic carbocycles. The number of carbonyl (C=O) groups is 1. The number of hydrogen-bond donors (Lipinski definition) is 2. The summed E-state index contributed by atoms with van der Waals surface area (Å²) in [5.74, 6) is 0. The monoisotopic (exact) mass is 292 g/mol. The Hall–Kier alpha value is -1.98. The molecule has 0 spiro atoms. The van der Waals surface area contributed by atoms with E-state index < -0.39 is 5.60 Å². The Bertz CT molecular complexity index is 499. The minimum Gasteiger partial charge on any atom is -0.444 e. The minimum absolute atomic E-state index is 0.0705. The van der Waals surface area contributed by atoms with E-state index in [1.807, 2.05) is 26.8 Å². The molecule has 1 aliphatic heterocycles. The van der Waals surface area contributed by atoms with E-state index in [1.165, 1.54) is 0 Å². The van der Waals surface area contributed by atoms with Crippen molar-refractivity contribution in [2.45, 2.75) is 45.3 Å². The van der Waals surface area contributed by atoms with Crippen molar-refractivity contribution in [3.8, 4) is 0 Å². The summed E-state index contributed by atoms with van der Waals surface area (Å²) >= 11 is 0. The molecule has 0 radical (unpaired) electrons. The molecule has 2 rings (SSSR count). The predicted octanol–water partition coefficient (Wildman–Crippen LogP) is 2.16. The van der Waals surface area contributed by atoms with Gasteiger partial charge in [-0.2, -0.15) is 0 Å². The molecular weight excluding hydrogens is 268 g/mol. The number of amides is 1. The molecule has 1 fully saturated rings. The number of ether oxygens (including phenoxy) is 1. The molecule has 0 aromatic carbocycles. The molecule has 0 bridgehead atoms. The lowest BCUT2D eigenvalue weighted by Crippen LogP contribution is -2.49. The number of hydrogen-bond acceptors (Lipinski definition) is 5. The Morgan fingerprint density at radius 3 is 2.95 bits per heavy atom. The van der Waals surface area contributed by atoms with Crippen molar-refractivity contribution in [1.82, 2.24) is 10.3 Å². The summed E-state index contributed by atoms with van der Waals surface area (Å²) in [6.45, 7) is 7.24. The van der Waals surface area contributed by atoms with E-state index in [4.69, 9.17) is 10.5 Å². The smallest absolute Gasteiger partial charge is 0.407 e. The lowest BCUT2D eigenvalue weighted by atomic mass is 10.1. The molecule has 116 valence electrons. The summed E-state index contributed by atoms with van der Waals surface area (Å²) in [4.78, 5) is 18.0. The summed E-state index contributed by atoms with van der Waals surface area (Å²) in [6.07, 6.45) is 4.97. The quantitative estimate of drug-likeness (QED) is 0.873. The number of anilines is 2. The van der Waals surface area contributed by atoms with Gasteiger partial charge in [-0.25, -0.2) is 4.79 Å². The van der Waals surface area contributed by atoms with Gasteiger partial charge in [0.1, 0.15) is 5.60 Å². The van der Waals surface area contributed by atoms with Crippen LogP contribution in [0.3, 0.4) is 0 Å². The summed E-state index contributed by atoms with van der Waals surface area (Å²) < 4.78 is 5.30. The highest BCUT2D eigenvalue weighted by atomic mass is 16.6. The van der Waals surface area contributed by atoms with E-state index in [0.29, 0.717) is 5.69 Å². The van der Waals surface area contributed by atoms with Gasteiger partial charge in [0.05, 0.1) is 17.6 Å². The maximum atomic E-state index is 11.9. The van der Waals surface area contributed by atoms with Gasteiger partial charge in [-0.1, -0.05) is 0 Å². The van der Waals surface area contributed by atoms with E-state index in [9.17, 15) is 4.79 Å². The third kappa shape index (κ3) is 4.51. The lowest BCUT2D eigenvalue weighted by molar-refractivity contribution is 0.0500. The van der Waals surface area contributed by atoms with Gasteiger partial charge < -0.3 is 20.7 Å². The van der Waals surface area contributed by atoms with Crippen LogP contribution in [-0.4, -0.2) is 35.8 Å². The molecule has 1 saturated heterocycles. The van der Waals surface area contributed by atoms with Crippen LogP contribution < -0.4 is 16.0 Å². The first-order chi connectivity index (χ1) is 9.85. The number of piperidine rings is 1. The van der Waals surface area contributed by atoms with Crippen LogP contribution in [0.15, 0.2) is 18.5 Å². The second-order valence-electron chi connectivity index (χ2n) is 6.37. The molecule has 6 nitrogen and oxygen atoms in total. The number of nitrogens with one attached hydrogen (secondary N) is 1. The molecule has 1 atom stereocenters. The molecule has 3 N–H and O–H groups in total. The molecule has 1 amide bonds. The molecule has 1 aliphatic rings. The predicted molar refractivity (Wildman–Crippen MR) is 83.3 cm³/mol. The van der Waals surface area contributed by atoms with E-state index >= 15 is 0 Å². The maximum absolute atomic E-state index is 11.9. The van der Waals surface area contributed by atoms with Crippen LogP contribution in [0.4, 0.5) is 16.2 Å². The first kappa shape index (κ1) is 15.4. The summed E-state index contributed by atoms with van der Waals surface area (Å²) in [5.41, 5.74) is 7.12. The van der Waals surface area contributed by atoms with E-state index in [2.05, 4.69) is 15.2 Å². The number of nitrogens with zero attached hydrogens (tertiary/aromatic N) is 2. The van der Waals surface area contributed by atoms with Crippen molar-refractivity contribution in [2.75, 3.05) is 23.7 Å². The van der Waals surface area contributed by atoms with Crippen LogP contribution >= 0.6 is 0 Å². The Morgan fingerprint density at radius 2 is 2.29 bits per heavy atom. The van der Waals surface area contributed by atoms with Gasteiger partial charge in [0.25, 0.3) is 0 Å². The second kappa shape index (κ2) is 6.20. The molecule has 1 aromatic heterocycles. The second-order valence-corrected chi connectivity index (χ2v) is 6.37. The molecule has 21 heavy (non-hydrogen) atoms. The first-order valence-corrected chi connectivity index (χ1v) is 7.29. The van der Waals surface area contributed by atoms with Gasteiger partial charge in [0.15, 0.2) is 0 Å². The topological polar surface area (TPSA) is 80.5 Å². The van der Waals surface area contributed by atoms with Crippen molar-refractivity contribution in [3.63, 3.8) is 0 Å². The zero-order valence-corrected chi connectivity index (χ0v) is 12.9. The zero-order valence-electron chi connectivity index (χ0n) is 12.9. The van der Waals surface area contributed by atoms with Crippen molar-refractivity contribution in [3.05, 3.63) is 18.5 Å². The van der Waals surface area contributed by atoms with Gasteiger partial charge in [-0.05, 0) is 39.7 Å². The first-order valence-electron chi connectivity index (χ1n) is 7.29. The number of alkyl carbamates (subject to hydrolysis) is 1. The molecular formula is C15H24N4O2. The molecule has 1 aromatic rings. The average Bonchev–Trinajstić information content (AvgIpc) is 2.37. The molecule has 2 heterocycles. The number of nitrogens with two attached hydrogens (primary N) is 1. The van der Waals surface area contributed by atoms with Crippen molar-refractivity contribution in [1.29, 1.82) is 0 Å². The van der Waals surface area contributed by atoms with E-state index in [0.717, 1.165) is 31.6 Å². The third-order valence-corrected chi connectivity index (χ3v) is 3.31. The fourth-order valence-corrected chi connectivity index (χ4v) is 2.48. The summed E-state index contributed by atoms with van der Waals surface area (Å²) in [5, 5.41) is 2.94. The van der Waals surface area contributed by atoms with Crippen LogP contribution in [0.2, 0.25) is 0 Å². The summed E-state index contributed by atoms with van der Waals surface area (Å²) in [6, 6.07) is 1.98. The number of carbonyl (C=O) groups excluding carboxylic acids is 1. The molecule has 6 heteroatoms. The Labute approximate surface area is 125 Å². The molecule has 0 saturated carbocycles. The zero-order chi connectivity index (χ0) is 15.5. The maximum Gasteiger partial charge on any atom is 0.407 e. The average molecular weight is 292 g/mol. The van der Waals surface area contributed by atoms with Crippen molar-refractivity contribution in [2.24, 2.45) is 0 Å². The Balaban J connectivity index is 1.95. The SMILES string of the molecule is CC(C)(C)OC(=O)N[C@@H]1CCCN(c2ccncc2N)C1. The standard InChI is InChI=1S/C15H24N4O2/c1-15(2,3)21-14(20)18-11-5-4-8-19(10-11)13-6-7-17-9-12(13)16/h6-7,9,11H,4-5,8,10,16H2,1-3H3,(H,18,20)/t11-/m1/s1. The van der Waals surface area contributed by atoms with Crippen LogP contribution in [0, 0.1) is 0 Å². The van der Waals surface area contributed by atoms with Gasteiger partial charge >= 0.3 is 6.09 Å². The summed E-state index contributed by atoms with van der Waals surface area (Å²) in [7, 11) is 0. The van der Waals surface area contributed by atoms with E-state index in [1.54, 1.807) is 12.4 Å². The van der Waals surface area contributed by atoms with Crippen LogP contribution in [0.5, 0.6) is 0 Å². The highest BCUT2D eigenvalue weighted by molar-refractivity contribution is 5.69. The lowest BCUT2D eigenvalue weighted by Gasteiger charge is -2.35. The number of pyridine rings is 1. The fraction of sp³-hybridized carbons (Fsp3) is 0.600. The Morgan fingerprint density at radius 1 is 1.52 bits per heavy atom. The van der Waals surface area contributed by atoms with Crippen molar-refractivity contribution >= 4 is 17.5 Å². The number of aromatic nitrogens is 1. The molecule has 0 unspecified atom stereocenters. The van der Waals surface area contributed by atoms with Gasteiger partial charge in [0, 0.05) is 25.3 Å². The van der Waals surface area contributed by atoms with Gasteiger partial charge in [-0.3, -0.25) is 4.98 Å².